The Balaban J connectivity index is 1.49. The lowest BCUT2D eigenvalue weighted by Crippen LogP contribution is -2.48. The molecule has 0 spiro atoms. The summed E-state index contributed by atoms with van der Waals surface area (Å²) < 4.78 is 27.3. The molecular weight excluding hydrogens is 563 g/mol. The minimum atomic E-state index is -0.895. The third-order valence-corrected chi connectivity index (χ3v) is 9.08. The molecule has 3 heterocycles. The summed E-state index contributed by atoms with van der Waals surface area (Å²) in [5, 5.41) is 10.6. The van der Waals surface area contributed by atoms with E-state index in [1.54, 1.807) is 25.3 Å². The Morgan fingerprint density at radius 3 is 2.52 bits per heavy atom. The van der Waals surface area contributed by atoms with Gasteiger partial charge in [-0.05, 0) is 67.6 Å². The molecule has 9 nitrogen and oxygen atoms in total. The van der Waals surface area contributed by atoms with E-state index in [4.69, 9.17) is 9.47 Å². The molecule has 1 aromatic heterocycles. The highest BCUT2D eigenvalue weighted by atomic mass is 19.1. The molecular formula is C34H43FN4O5. The van der Waals surface area contributed by atoms with Crippen molar-refractivity contribution in [1.82, 2.24) is 14.5 Å². The molecule has 2 aliphatic rings. The van der Waals surface area contributed by atoms with Crippen molar-refractivity contribution < 1.29 is 28.6 Å². The van der Waals surface area contributed by atoms with E-state index in [0.29, 0.717) is 42.1 Å². The molecule has 0 bridgehead atoms. The lowest BCUT2D eigenvalue weighted by molar-refractivity contribution is -0.143. The van der Waals surface area contributed by atoms with Gasteiger partial charge in [-0.2, -0.15) is 0 Å². The molecule has 5 rings (SSSR count). The number of rotatable bonds is 13. The predicted octanol–water partition coefficient (Wildman–Crippen LogP) is 5.70. The number of nitrogens with zero attached hydrogens (tertiary/aromatic N) is 4. The fourth-order valence-corrected chi connectivity index (χ4v) is 6.90. The molecule has 2 aliphatic heterocycles. The number of ether oxygens (including phenoxy) is 2. The quantitative estimate of drug-likeness (QED) is 0.267. The number of aliphatic carboxylic acids is 1. The maximum Gasteiger partial charge on any atom is 0.308 e. The van der Waals surface area contributed by atoms with Gasteiger partial charge in [-0.1, -0.05) is 32.8 Å². The van der Waals surface area contributed by atoms with Crippen LogP contribution in [0.15, 0.2) is 48.8 Å². The monoisotopic (exact) mass is 606 g/mol. The van der Waals surface area contributed by atoms with Gasteiger partial charge < -0.3 is 24.0 Å². The van der Waals surface area contributed by atoms with Crippen molar-refractivity contribution >= 4 is 17.6 Å². The maximum absolute atomic E-state index is 14.4. The highest BCUT2D eigenvalue weighted by molar-refractivity contribution is 5.95. The number of aromatic nitrogens is 2. The van der Waals surface area contributed by atoms with Crippen LogP contribution in [0.5, 0.6) is 11.5 Å². The van der Waals surface area contributed by atoms with Crippen LogP contribution >= 0.6 is 0 Å². The summed E-state index contributed by atoms with van der Waals surface area (Å²) in [6.07, 6.45) is 8.14. The average Bonchev–Trinajstić information content (AvgIpc) is 3.72. The molecule has 1 fully saturated rings. The van der Waals surface area contributed by atoms with Crippen molar-refractivity contribution in [2.75, 3.05) is 24.8 Å². The third-order valence-electron chi connectivity index (χ3n) is 9.08. The fraction of sp³-hybridized carbons (Fsp3) is 0.500. The molecule has 3 atom stereocenters. The van der Waals surface area contributed by atoms with Gasteiger partial charge in [0.2, 0.25) is 12.7 Å². The lowest BCUT2D eigenvalue weighted by atomic mass is 9.83. The number of hydrogen-bond donors (Lipinski definition) is 1. The number of anilines is 1. The molecule has 1 amide bonds. The number of imidazole rings is 1. The number of halogens is 1. The summed E-state index contributed by atoms with van der Waals surface area (Å²) in [7, 11) is 1.92. The summed E-state index contributed by atoms with van der Waals surface area (Å²) >= 11 is 0. The summed E-state index contributed by atoms with van der Waals surface area (Å²) in [6.45, 7) is 6.49. The SMILES string of the molecule is CCCC(CCC)N(C(=O)CN1C[C@H](c2ccc3c(c2)OCO3)C(C(=O)O)[C@@H]1CCc1nccn1C)c1ccc(F)c(C)c1. The fourth-order valence-electron chi connectivity index (χ4n) is 6.90. The standard InChI is InChI=1S/C34H43FN4O5/c1-5-7-24(8-6-2)39(25-10-11-27(35)22(3)17-25)32(40)20-38-19-26(23-9-13-29-30(18-23)44-21-43-29)33(34(41)42)28(38)12-14-31-36-15-16-37(31)4/h9-11,13,15-18,24,26,28,33H,5-8,12,14,19-21H2,1-4H3,(H,41,42)/t26-,28+,33?/m1/s1. The summed E-state index contributed by atoms with van der Waals surface area (Å²) in [5.41, 5.74) is 2.00. The Kier molecular flexibility index (Phi) is 9.88. The Labute approximate surface area is 258 Å². The van der Waals surface area contributed by atoms with E-state index in [2.05, 4.69) is 18.8 Å². The van der Waals surface area contributed by atoms with Gasteiger partial charge in [0.05, 0.1) is 12.5 Å². The second-order valence-electron chi connectivity index (χ2n) is 12.0. The molecule has 10 heteroatoms. The van der Waals surface area contributed by atoms with Crippen molar-refractivity contribution in [2.24, 2.45) is 13.0 Å². The second-order valence-corrected chi connectivity index (χ2v) is 12.0. The lowest BCUT2D eigenvalue weighted by Gasteiger charge is -2.35. The molecule has 2 aromatic carbocycles. The Hall–Kier alpha value is -3.92. The highest BCUT2D eigenvalue weighted by Crippen LogP contribution is 2.43. The van der Waals surface area contributed by atoms with Gasteiger partial charge in [0, 0.05) is 56.1 Å². The molecule has 3 aromatic rings. The minimum Gasteiger partial charge on any atom is -0.481 e. The van der Waals surface area contributed by atoms with Gasteiger partial charge in [-0.3, -0.25) is 14.5 Å². The van der Waals surface area contributed by atoms with Crippen LogP contribution in [0.3, 0.4) is 0 Å². The molecule has 236 valence electrons. The van der Waals surface area contributed by atoms with Crippen molar-refractivity contribution in [2.45, 2.75) is 77.3 Å². The third kappa shape index (κ3) is 6.60. The van der Waals surface area contributed by atoms with Gasteiger partial charge in [0.1, 0.15) is 11.6 Å². The first-order chi connectivity index (χ1) is 21.2. The van der Waals surface area contributed by atoms with E-state index in [0.717, 1.165) is 37.1 Å². The smallest absolute Gasteiger partial charge is 0.308 e. The number of carbonyl (C=O) groups excluding carboxylic acids is 1. The van der Waals surface area contributed by atoms with Crippen molar-refractivity contribution in [3.05, 3.63) is 71.6 Å². The molecule has 44 heavy (non-hydrogen) atoms. The van der Waals surface area contributed by atoms with E-state index in [1.807, 2.05) is 45.8 Å². The van der Waals surface area contributed by atoms with Crippen LogP contribution in [0.2, 0.25) is 0 Å². The van der Waals surface area contributed by atoms with Crippen LogP contribution < -0.4 is 14.4 Å². The van der Waals surface area contributed by atoms with Gasteiger partial charge in [0.15, 0.2) is 11.5 Å². The average molecular weight is 607 g/mol. The Morgan fingerprint density at radius 1 is 1.11 bits per heavy atom. The first-order valence-electron chi connectivity index (χ1n) is 15.6. The van der Waals surface area contributed by atoms with E-state index in [-0.39, 0.29) is 37.0 Å². The van der Waals surface area contributed by atoms with Crippen molar-refractivity contribution in [1.29, 1.82) is 0 Å². The van der Waals surface area contributed by atoms with E-state index >= 15 is 0 Å². The molecule has 0 aliphatic carbocycles. The normalized spacial score (nSPS) is 19.5. The van der Waals surface area contributed by atoms with Crippen LogP contribution in [-0.2, 0) is 23.1 Å². The van der Waals surface area contributed by atoms with Crippen LogP contribution in [0.1, 0.15) is 68.8 Å². The second kappa shape index (κ2) is 13.8. The molecule has 0 radical (unpaired) electrons. The van der Waals surface area contributed by atoms with Crippen LogP contribution in [0.25, 0.3) is 0 Å². The molecule has 0 saturated carbocycles. The number of likely N-dealkylation sites (tertiary alicyclic amines) is 1. The minimum absolute atomic E-state index is 0.0455. The van der Waals surface area contributed by atoms with Crippen LogP contribution in [0.4, 0.5) is 10.1 Å². The predicted molar refractivity (Wildman–Crippen MR) is 166 cm³/mol. The zero-order valence-corrected chi connectivity index (χ0v) is 26.0. The summed E-state index contributed by atoms with van der Waals surface area (Å²) in [4.78, 5) is 35.7. The zero-order valence-electron chi connectivity index (χ0n) is 26.0. The molecule has 1 N–H and O–H groups in total. The maximum atomic E-state index is 14.4. The number of hydrogen-bond acceptors (Lipinski definition) is 6. The van der Waals surface area contributed by atoms with Crippen LogP contribution in [0, 0.1) is 18.7 Å². The number of amides is 1. The van der Waals surface area contributed by atoms with Gasteiger partial charge in [-0.25, -0.2) is 9.37 Å². The van der Waals surface area contributed by atoms with Crippen LogP contribution in [-0.4, -0.2) is 63.4 Å². The Morgan fingerprint density at radius 2 is 1.86 bits per heavy atom. The van der Waals surface area contributed by atoms with E-state index in [9.17, 15) is 19.1 Å². The summed E-state index contributed by atoms with van der Waals surface area (Å²) in [6, 6.07) is 9.98. The van der Waals surface area contributed by atoms with E-state index < -0.39 is 17.9 Å². The molecule has 1 unspecified atom stereocenters. The zero-order chi connectivity index (χ0) is 31.4. The highest BCUT2D eigenvalue weighted by Gasteiger charge is 2.47. The number of benzene rings is 2. The number of aryl methyl sites for hydroxylation is 3. The first kappa shape index (κ1) is 31.5. The van der Waals surface area contributed by atoms with Crippen molar-refractivity contribution in [3.63, 3.8) is 0 Å². The first-order valence-corrected chi connectivity index (χ1v) is 15.6. The number of carbonyl (C=O) groups is 2. The van der Waals surface area contributed by atoms with Gasteiger partial charge >= 0.3 is 5.97 Å². The molecule has 1 saturated heterocycles. The Bertz CT molecular complexity index is 1470. The summed E-state index contributed by atoms with van der Waals surface area (Å²) in [5.74, 6) is -0.314. The number of carboxylic acids is 1. The van der Waals surface area contributed by atoms with Gasteiger partial charge in [0.25, 0.3) is 0 Å². The van der Waals surface area contributed by atoms with E-state index in [1.165, 1.54) is 6.07 Å². The number of fused-ring (bicyclic) bond motifs is 1. The topological polar surface area (TPSA) is 97.1 Å². The van der Waals surface area contributed by atoms with Gasteiger partial charge in [-0.15, -0.1) is 0 Å². The van der Waals surface area contributed by atoms with Crippen molar-refractivity contribution in [3.8, 4) is 11.5 Å². The largest absolute Gasteiger partial charge is 0.481 e. The number of carboxylic acid groups (broad SMARTS) is 1.